The van der Waals surface area contributed by atoms with Crippen molar-refractivity contribution < 1.29 is 0 Å². The van der Waals surface area contributed by atoms with Crippen LogP contribution < -0.4 is 0 Å². The molecule has 60 valence electrons. The van der Waals surface area contributed by atoms with Gasteiger partial charge in [0, 0.05) is 0 Å². The van der Waals surface area contributed by atoms with Gasteiger partial charge in [-0.05, 0) is 37.0 Å². The summed E-state index contributed by atoms with van der Waals surface area (Å²) in [6, 6.07) is 0. The zero-order valence-electron chi connectivity index (χ0n) is 6.55. The molecular weight excluding hydrogens is 158 g/mol. The molecule has 0 amide bonds. The average molecular weight is 176 g/mol. The van der Waals surface area contributed by atoms with Crippen LogP contribution in [0.15, 0.2) is 0 Å². The van der Waals surface area contributed by atoms with Gasteiger partial charge in [-0.15, -0.1) is 18.5 Å². The van der Waals surface area contributed by atoms with Gasteiger partial charge in [-0.1, -0.05) is 12.8 Å². The number of rotatable bonds is 2. The molecule has 0 aromatic heterocycles. The largest absolute Gasteiger partial charge is 0.137 e. The molecule has 0 aliphatic heterocycles. The Morgan fingerprint density at radius 1 is 0.900 bits per heavy atom. The van der Waals surface area contributed by atoms with Crippen LogP contribution in [-0.4, -0.2) is 12.3 Å². The van der Waals surface area contributed by atoms with Crippen LogP contribution in [0, 0.1) is 11.8 Å². The Hall–Kier alpha value is 0.860. The van der Waals surface area contributed by atoms with Crippen LogP contribution >= 0.6 is 18.5 Å². The van der Waals surface area contributed by atoms with Gasteiger partial charge in [-0.2, -0.15) is 0 Å². The van der Waals surface area contributed by atoms with E-state index in [9.17, 15) is 0 Å². The Morgan fingerprint density at radius 2 is 1.30 bits per heavy atom. The van der Waals surface area contributed by atoms with Crippen LogP contribution in [0.3, 0.4) is 0 Å². The van der Waals surface area contributed by atoms with Crippen molar-refractivity contribution in [3.8, 4) is 0 Å². The second-order valence-electron chi connectivity index (χ2n) is 3.28. The van der Waals surface area contributed by atoms with Crippen molar-refractivity contribution in [2.75, 3.05) is 12.3 Å². The highest BCUT2D eigenvalue weighted by atomic mass is 31.0. The lowest BCUT2D eigenvalue weighted by Gasteiger charge is -2.29. The summed E-state index contributed by atoms with van der Waals surface area (Å²) in [5, 5.41) is 0. The molecule has 2 unspecified atom stereocenters. The van der Waals surface area contributed by atoms with Crippen molar-refractivity contribution in [1.29, 1.82) is 0 Å². The van der Waals surface area contributed by atoms with E-state index in [0.717, 1.165) is 11.8 Å². The van der Waals surface area contributed by atoms with E-state index in [4.69, 9.17) is 0 Å². The van der Waals surface area contributed by atoms with E-state index in [2.05, 4.69) is 18.5 Å². The molecule has 1 aliphatic carbocycles. The summed E-state index contributed by atoms with van der Waals surface area (Å²) in [4.78, 5) is 0. The summed E-state index contributed by atoms with van der Waals surface area (Å²) >= 11 is 0. The summed E-state index contributed by atoms with van der Waals surface area (Å²) in [6.07, 6.45) is 8.53. The lowest BCUT2D eigenvalue weighted by atomic mass is 9.81. The molecule has 1 saturated carbocycles. The van der Waals surface area contributed by atoms with Gasteiger partial charge in [-0.3, -0.25) is 0 Å². The highest BCUT2D eigenvalue weighted by Gasteiger charge is 2.21. The maximum Gasteiger partial charge on any atom is -0.0348 e. The SMILES string of the molecule is PC[C@@H]1CCCC[C@@H]1CP. The fraction of sp³-hybridized carbons (Fsp3) is 1.00. The van der Waals surface area contributed by atoms with Crippen LogP contribution in [0.4, 0.5) is 0 Å². The number of hydrogen-bond donors (Lipinski definition) is 0. The normalized spacial score (nSPS) is 34.2. The van der Waals surface area contributed by atoms with Gasteiger partial charge in [0.25, 0.3) is 0 Å². The Kier molecular flexibility index (Phi) is 4.19. The molecule has 1 rings (SSSR count). The Bertz CT molecular complexity index is 81.3. The van der Waals surface area contributed by atoms with Crippen molar-refractivity contribution in [2.45, 2.75) is 25.7 Å². The van der Waals surface area contributed by atoms with Crippen LogP contribution in [0.1, 0.15) is 25.7 Å². The lowest BCUT2D eigenvalue weighted by Crippen LogP contribution is -2.21. The third-order valence-electron chi connectivity index (χ3n) is 2.67. The molecule has 0 spiro atoms. The van der Waals surface area contributed by atoms with Crippen molar-refractivity contribution in [3.63, 3.8) is 0 Å². The standard InChI is InChI=1S/C8H18P2/c9-5-7-3-1-2-4-8(7)6-10/h7-8H,1-6,9-10H2/t7-,8+. The van der Waals surface area contributed by atoms with Crippen LogP contribution in [0.5, 0.6) is 0 Å². The quantitative estimate of drug-likeness (QED) is 0.567. The molecule has 4 atom stereocenters. The summed E-state index contributed by atoms with van der Waals surface area (Å²) in [6.45, 7) is 0. The van der Waals surface area contributed by atoms with E-state index in [1.165, 1.54) is 38.0 Å². The van der Waals surface area contributed by atoms with E-state index in [-0.39, 0.29) is 0 Å². The molecule has 2 heteroatoms. The summed E-state index contributed by atoms with van der Waals surface area (Å²) < 4.78 is 0. The first-order valence-electron chi connectivity index (χ1n) is 4.28. The van der Waals surface area contributed by atoms with Gasteiger partial charge in [0.2, 0.25) is 0 Å². The predicted molar refractivity (Wildman–Crippen MR) is 54.6 cm³/mol. The second kappa shape index (κ2) is 4.68. The number of hydrogen-bond acceptors (Lipinski definition) is 0. The third kappa shape index (κ3) is 2.18. The molecule has 0 aromatic carbocycles. The van der Waals surface area contributed by atoms with Crippen molar-refractivity contribution >= 4 is 18.5 Å². The van der Waals surface area contributed by atoms with Gasteiger partial charge >= 0.3 is 0 Å². The fourth-order valence-corrected chi connectivity index (χ4v) is 3.15. The van der Waals surface area contributed by atoms with Gasteiger partial charge in [0.05, 0.1) is 0 Å². The van der Waals surface area contributed by atoms with Gasteiger partial charge < -0.3 is 0 Å². The topological polar surface area (TPSA) is 0 Å². The second-order valence-corrected chi connectivity index (χ2v) is 4.22. The van der Waals surface area contributed by atoms with Crippen LogP contribution in [0.2, 0.25) is 0 Å². The van der Waals surface area contributed by atoms with E-state index < -0.39 is 0 Å². The lowest BCUT2D eigenvalue weighted by molar-refractivity contribution is 0.287. The highest BCUT2D eigenvalue weighted by Crippen LogP contribution is 2.32. The molecule has 0 saturated heterocycles. The Labute approximate surface area is 68.9 Å². The van der Waals surface area contributed by atoms with E-state index in [1.807, 2.05) is 0 Å². The summed E-state index contributed by atoms with van der Waals surface area (Å²) in [5.41, 5.74) is 0. The molecule has 0 N–H and O–H groups in total. The molecule has 10 heavy (non-hydrogen) atoms. The predicted octanol–water partition coefficient (Wildman–Crippen LogP) is 2.54. The molecule has 0 nitrogen and oxygen atoms in total. The highest BCUT2D eigenvalue weighted by molar-refractivity contribution is 7.16. The maximum absolute atomic E-state index is 2.89. The minimum Gasteiger partial charge on any atom is -0.137 e. The summed E-state index contributed by atoms with van der Waals surface area (Å²) in [5.74, 6) is 2.02. The minimum absolute atomic E-state index is 1.01. The molecule has 1 aliphatic rings. The molecular formula is C8H18P2. The Balaban J connectivity index is 2.34. The van der Waals surface area contributed by atoms with Crippen molar-refractivity contribution in [3.05, 3.63) is 0 Å². The fourth-order valence-electron chi connectivity index (χ4n) is 1.91. The van der Waals surface area contributed by atoms with Crippen LogP contribution in [0.25, 0.3) is 0 Å². The van der Waals surface area contributed by atoms with Gasteiger partial charge in [0.1, 0.15) is 0 Å². The molecule has 1 fully saturated rings. The zero-order chi connectivity index (χ0) is 7.40. The van der Waals surface area contributed by atoms with Crippen molar-refractivity contribution in [1.82, 2.24) is 0 Å². The van der Waals surface area contributed by atoms with Gasteiger partial charge in [-0.25, -0.2) is 0 Å². The Morgan fingerprint density at radius 3 is 1.60 bits per heavy atom. The molecule has 0 radical (unpaired) electrons. The van der Waals surface area contributed by atoms with Crippen LogP contribution in [-0.2, 0) is 0 Å². The van der Waals surface area contributed by atoms with E-state index in [0.29, 0.717) is 0 Å². The first-order valence-corrected chi connectivity index (χ1v) is 5.92. The molecule has 0 heterocycles. The first kappa shape index (κ1) is 8.95. The van der Waals surface area contributed by atoms with Gasteiger partial charge in [0.15, 0.2) is 0 Å². The smallest absolute Gasteiger partial charge is 0.0348 e. The molecule has 0 aromatic rings. The van der Waals surface area contributed by atoms with E-state index >= 15 is 0 Å². The maximum atomic E-state index is 2.89. The zero-order valence-corrected chi connectivity index (χ0v) is 8.86. The minimum atomic E-state index is 1.01. The molecule has 0 bridgehead atoms. The summed E-state index contributed by atoms with van der Waals surface area (Å²) in [7, 11) is 5.78. The monoisotopic (exact) mass is 176 g/mol. The first-order chi connectivity index (χ1) is 4.88. The van der Waals surface area contributed by atoms with Crippen molar-refractivity contribution in [2.24, 2.45) is 11.8 Å². The van der Waals surface area contributed by atoms with E-state index in [1.54, 1.807) is 0 Å². The average Bonchev–Trinajstić information content (AvgIpc) is 2.04. The third-order valence-corrected chi connectivity index (χ3v) is 3.88.